The fraction of sp³-hybridized carbons (Fsp3) is 0.286. The number of piperazine rings is 1. The molecule has 0 N–H and O–H groups in total. The van der Waals surface area contributed by atoms with E-state index < -0.39 is 0 Å². The van der Waals surface area contributed by atoms with E-state index in [2.05, 4.69) is 70.5 Å². The van der Waals surface area contributed by atoms with Crippen molar-refractivity contribution in [1.82, 2.24) is 9.80 Å². The number of hydrogen-bond donors (Lipinski definition) is 0. The highest BCUT2D eigenvalue weighted by Crippen LogP contribution is 2.25. The van der Waals surface area contributed by atoms with Crippen molar-refractivity contribution in [2.24, 2.45) is 0 Å². The molecule has 0 saturated carbocycles. The van der Waals surface area contributed by atoms with Crippen LogP contribution >= 0.6 is 24.8 Å². The second-order valence-corrected chi connectivity index (χ2v) is 8.17. The van der Waals surface area contributed by atoms with Gasteiger partial charge in [-0.1, -0.05) is 84.9 Å². The van der Waals surface area contributed by atoms with Crippen molar-refractivity contribution in [3.63, 3.8) is 0 Å². The van der Waals surface area contributed by atoms with Gasteiger partial charge >= 0.3 is 0 Å². The minimum atomic E-state index is -0.193. The van der Waals surface area contributed by atoms with Crippen molar-refractivity contribution in [1.29, 1.82) is 0 Å². The molecular formula is C28H33Cl2FN2O. The third kappa shape index (κ3) is 8.53. The van der Waals surface area contributed by atoms with Gasteiger partial charge in [0.25, 0.3) is 0 Å². The Labute approximate surface area is 215 Å². The minimum absolute atomic E-state index is 0. The lowest BCUT2D eigenvalue weighted by atomic mass is 10.0. The van der Waals surface area contributed by atoms with E-state index in [4.69, 9.17) is 4.74 Å². The van der Waals surface area contributed by atoms with Crippen LogP contribution in [0.4, 0.5) is 4.39 Å². The monoisotopic (exact) mass is 502 g/mol. The number of hydrogen-bond acceptors (Lipinski definition) is 3. The molecule has 0 radical (unpaired) electrons. The molecule has 0 bridgehead atoms. The van der Waals surface area contributed by atoms with Crippen molar-refractivity contribution in [3.05, 3.63) is 114 Å². The molecule has 4 rings (SSSR count). The molecule has 1 saturated heterocycles. The summed E-state index contributed by atoms with van der Waals surface area (Å²) in [5.74, 6) is -0.193. The summed E-state index contributed by atoms with van der Waals surface area (Å²) in [6, 6.07) is 27.5. The first-order valence-electron chi connectivity index (χ1n) is 11.4. The van der Waals surface area contributed by atoms with Gasteiger partial charge in [-0.15, -0.1) is 24.8 Å². The van der Waals surface area contributed by atoms with Gasteiger partial charge in [-0.05, 0) is 28.8 Å². The fourth-order valence-electron chi connectivity index (χ4n) is 4.05. The van der Waals surface area contributed by atoms with Gasteiger partial charge in [0.2, 0.25) is 0 Å². The van der Waals surface area contributed by atoms with Crippen LogP contribution in [0.15, 0.2) is 91.0 Å². The molecule has 3 aromatic carbocycles. The molecule has 3 aromatic rings. The molecule has 1 fully saturated rings. The Morgan fingerprint density at radius 2 is 1.26 bits per heavy atom. The van der Waals surface area contributed by atoms with E-state index in [1.807, 2.05) is 24.3 Å². The molecule has 0 aromatic heterocycles. The van der Waals surface area contributed by atoms with Crippen molar-refractivity contribution in [3.8, 4) is 0 Å². The zero-order valence-electron chi connectivity index (χ0n) is 19.3. The predicted octanol–water partition coefficient (Wildman–Crippen LogP) is 6.11. The predicted molar refractivity (Wildman–Crippen MR) is 143 cm³/mol. The van der Waals surface area contributed by atoms with Crippen molar-refractivity contribution in [2.75, 3.05) is 45.9 Å². The van der Waals surface area contributed by atoms with Crippen LogP contribution in [0.5, 0.6) is 0 Å². The summed E-state index contributed by atoms with van der Waals surface area (Å²) in [6.07, 6.45) is 4.19. The van der Waals surface area contributed by atoms with Crippen molar-refractivity contribution >= 4 is 30.9 Å². The summed E-state index contributed by atoms with van der Waals surface area (Å²) >= 11 is 0. The van der Waals surface area contributed by atoms with Crippen LogP contribution in [0.1, 0.15) is 22.8 Å². The zero-order valence-corrected chi connectivity index (χ0v) is 20.9. The quantitative estimate of drug-likeness (QED) is 0.351. The summed E-state index contributed by atoms with van der Waals surface area (Å²) in [5.41, 5.74) is 3.42. The van der Waals surface area contributed by atoms with E-state index in [9.17, 15) is 4.39 Å². The standard InChI is InChI=1S/C28H31FN2O.2ClH/c29-27-15-13-24(14-16-27)8-7-17-30-18-20-31(21-19-30)22-23-32-28(25-9-3-1-4-10-25)26-11-5-2-6-12-26;;/h1-16,28H,17-23H2;2*1H. The van der Waals surface area contributed by atoms with E-state index in [0.29, 0.717) is 6.61 Å². The molecule has 1 aliphatic rings. The maximum atomic E-state index is 13.0. The largest absolute Gasteiger partial charge is 0.367 e. The van der Waals surface area contributed by atoms with Gasteiger partial charge in [0.15, 0.2) is 0 Å². The van der Waals surface area contributed by atoms with E-state index in [1.165, 1.54) is 23.3 Å². The molecule has 3 nitrogen and oxygen atoms in total. The Bertz CT molecular complexity index is 923. The first-order chi connectivity index (χ1) is 15.8. The number of ether oxygens (including phenoxy) is 1. The van der Waals surface area contributed by atoms with Gasteiger partial charge in [0, 0.05) is 39.3 Å². The summed E-state index contributed by atoms with van der Waals surface area (Å²) in [4.78, 5) is 4.93. The summed E-state index contributed by atoms with van der Waals surface area (Å²) in [6.45, 7) is 6.77. The van der Waals surface area contributed by atoms with E-state index in [-0.39, 0.29) is 36.7 Å². The minimum Gasteiger partial charge on any atom is -0.367 e. The Morgan fingerprint density at radius 1 is 0.735 bits per heavy atom. The molecule has 1 heterocycles. The highest BCUT2D eigenvalue weighted by molar-refractivity contribution is 5.85. The highest BCUT2D eigenvalue weighted by Gasteiger charge is 2.18. The molecule has 34 heavy (non-hydrogen) atoms. The van der Waals surface area contributed by atoms with E-state index >= 15 is 0 Å². The van der Waals surface area contributed by atoms with Crippen LogP contribution in [0.25, 0.3) is 6.08 Å². The Morgan fingerprint density at radius 3 is 1.82 bits per heavy atom. The molecule has 1 aliphatic heterocycles. The van der Waals surface area contributed by atoms with Crippen molar-refractivity contribution in [2.45, 2.75) is 6.10 Å². The lowest BCUT2D eigenvalue weighted by molar-refractivity contribution is 0.0468. The lowest BCUT2D eigenvalue weighted by Gasteiger charge is -2.34. The van der Waals surface area contributed by atoms with Gasteiger partial charge < -0.3 is 4.74 Å². The lowest BCUT2D eigenvalue weighted by Crippen LogP contribution is -2.47. The smallest absolute Gasteiger partial charge is 0.123 e. The van der Waals surface area contributed by atoms with Crippen LogP contribution in [0.2, 0.25) is 0 Å². The molecule has 0 atom stereocenters. The van der Waals surface area contributed by atoms with Gasteiger partial charge in [-0.25, -0.2) is 4.39 Å². The normalized spacial score (nSPS) is 14.6. The first-order valence-corrected chi connectivity index (χ1v) is 11.4. The Hall–Kier alpha value is -2.21. The number of rotatable bonds is 9. The van der Waals surface area contributed by atoms with Gasteiger partial charge in [-0.3, -0.25) is 9.80 Å². The zero-order chi connectivity index (χ0) is 22.0. The first kappa shape index (κ1) is 28.0. The summed E-state index contributed by atoms with van der Waals surface area (Å²) < 4.78 is 19.4. The van der Waals surface area contributed by atoms with Crippen LogP contribution in [0.3, 0.4) is 0 Å². The average Bonchev–Trinajstić information content (AvgIpc) is 2.85. The average molecular weight is 503 g/mol. The third-order valence-electron chi connectivity index (χ3n) is 5.91. The van der Waals surface area contributed by atoms with Crippen LogP contribution in [-0.2, 0) is 4.74 Å². The topological polar surface area (TPSA) is 15.7 Å². The molecule has 0 aliphatic carbocycles. The van der Waals surface area contributed by atoms with Gasteiger partial charge in [0.05, 0.1) is 6.61 Å². The Balaban J connectivity index is 0.00000204. The molecule has 0 unspecified atom stereocenters. The summed E-state index contributed by atoms with van der Waals surface area (Å²) in [7, 11) is 0. The molecule has 182 valence electrons. The second kappa shape index (κ2) is 14.9. The molecule has 0 amide bonds. The number of benzene rings is 3. The Kier molecular flexibility index (Phi) is 12.3. The van der Waals surface area contributed by atoms with E-state index in [0.717, 1.165) is 44.8 Å². The van der Waals surface area contributed by atoms with Crippen LogP contribution in [-0.4, -0.2) is 55.7 Å². The molecule has 0 spiro atoms. The SMILES string of the molecule is Cl.Cl.Fc1ccc(C=CCN2CCN(CCOC(c3ccccc3)c3ccccc3)CC2)cc1. The maximum Gasteiger partial charge on any atom is 0.123 e. The number of nitrogens with zero attached hydrogens (tertiary/aromatic N) is 2. The molecular weight excluding hydrogens is 470 g/mol. The van der Waals surface area contributed by atoms with Gasteiger partial charge in [0.1, 0.15) is 11.9 Å². The fourth-order valence-corrected chi connectivity index (χ4v) is 4.05. The third-order valence-corrected chi connectivity index (χ3v) is 5.91. The van der Waals surface area contributed by atoms with Crippen molar-refractivity contribution < 1.29 is 9.13 Å². The van der Waals surface area contributed by atoms with Crippen LogP contribution in [0, 0.1) is 5.82 Å². The highest BCUT2D eigenvalue weighted by atomic mass is 35.5. The second-order valence-electron chi connectivity index (χ2n) is 8.17. The van der Waals surface area contributed by atoms with Crippen LogP contribution < -0.4 is 0 Å². The maximum absolute atomic E-state index is 13.0. The van der Waals surface area contributed by atoms with Gasteiger partial charge in [-0.2, -0.15) is 0 Å². The van der Waals surface area contributed by atoms with E-state index in [1.54, 1.807) is 0 Å². The molecule has 6 heteroatoms. The number of halogens is 3. The summed E-state index contributed by atoms with van der Waals surface area (Å²) in [5, 5.41) is 0.